The van der Waals surface area contributed by atoms with Gasteiger partial charge in [0.25, 0.3) is 0 Å². The molecule has 1 aliphatic rings. The summed E-state index contributed by atoms with van der Waals surface area (Å²) in [5.74, 6) is -1.30. The summed E-state index contributed by atoms with van der Waals surface area (Å²) in [4.78, 5) is 34.8. The van der Waals surface area contributed by atoms with Crippen molar-refractivity contribution in [3.05, 3.63) is 12.2 Å². The Morgan fingerprint density at radius 1 is 1.32 bits per heavy atom. The maximum absolute atomic E-state index is 11.7. The van der Waals surface area contributed by atoms with E-state index in [1.165, 1.54) is 7.11 Å². The lowest BCUT2D eigenvalue weighted by molar-refractivity contribution is -0.157. The predicted octanol–water partition coefficient (Wildman–Crippen LogP) is 0.706. The fourth-order valence-corrected chi connectivity index (χ4v) is 1.73. The molecule has 0 saturated heterocycles. The van der Waals surface area contributed by atoms with Crippen LogP contribution in [0.15, 0.2) is 12.2 Å². The number of hydrogen-bond donors (Lipinski definition) is 1. The molecule has 1 aliphatic heterocycles. The molecule has 1 N–H and O–H groups in total. The van der Waals surface area contributed by atoms with E-state index in [4.69, 9.17) is 4.74 Å². The molecule has 0 aliphatic carbocycles. The summed E-state index contributed by atoms with van der Waals surface area (Å²) >= 11 is 0. The van der Waals surface area contributed by atoms with Crippen molar-refractivity contribution in [2.24, 2.45) is 0 Å². The van der Waals surface area contributed by atoms with Crippen molar-refractivity contribution in [2.45, 2.75) is 44.8 Å². The van der Waals surface area contributed by atoms with Gasteiger partial charge in [-0.05, 0) is 19.8 Å². The Kier molecular flexibility index (Phi) is 6.05. The normalized spacial score (nSPS) is 25.6. The number of allylic oxidation sites excluding steroid dienone is 2. The number of cyclic esters (lactones) is 1. The smallest absolute Gasteiger partial charge is 0.332 e. The van der Waals surface area contributed by atoms with Crippen LogP contribution in [-0.2, 0) is 23.9 Å². The molecule has 0 fully saturated rings. The number of nitrogens with one attached hydrogen (secondary N) is 1. The molecule has 0 aromatic rings. The van der Waals surface area contributed by atoms with Crippen LogP contribution in [0.1, 0.15) is 32.6 Å². The minimum Gasteiger partial charge on any atom is -0.467 e. The Morgan fingerprint density at radius 3 is 2.58 bits per heavy atom. The lowest BCUT2D eigenvalue weighted by Gasteiger charge is -2.23. The van der Waals surface area contributed by atoms with E-state index in [0.717, 1.165) is 0 Å². The molecule has 0 spiro atoms. The number of carbonyl (C=O) groups is 3. The minimum atomic E-state index is -0.968. The molecule has 0 aromatic heterocycles. The third-order valence-corrected chi connectivity index (χ3v) is 2.78. The highest BCUT2D eigenvalue weighted by Gasteiger charge is 2.30. The molecule has 1 amide bonds. The Morgan fingerprint density at radius 2 is 1.95 bits per heavy atom. The Balaban J connectivity index is 2.81. The van der Waals surface area contributed by atoms with Crippen LogP contribution in [0.2, 0.25) is 0 Å². The van der Waals surface area contributed by atoms with Crippen LogP contribution in [0.25, 0.3) is 0 Å². The Hall–Kier alpha value is -1.85. The van der Waals surface area contributed by atoms with E-state index >= 15 is 0 Å². The molecule has 1 unspecified atom stereocenters. The van der Waals surface area contributed by atoms with Gasteiger partial charge in [0.05, 0.1) is 7.11 Å². The average molecular weight is 269 g/mol. The fraction of sp³-hybridized carbons (Fsp3) is 0.615. The second-order valence-electron chi connectivity index (χ2n) is 4.31. The van der Waals surface area contributed by atoms with Gasteiger partial charge in [0, 0.05) is 12.8 Å². The minimum absolute atomic E-state index is 0.253. The van der Waals surface area contributed by atoms with Gasteiger partial charge in [-0.1, -0.05) is 12.2 Å². The van der Waals surface area contributed by atoms with Crippen LogP contribution in [-0.4, -0.2) is 37.1 Å². The lowest BCUT2D eigenvalue weighted by Crippen LogP contribution is -2.49. The molecule has 0 bridgehead atoms. The summed E-state index contributed by atoms with van der Waals surface area (Å²) in [6.07, 6.45) is 4.60. The van der Waals surface area contributed by atoms with Gasteiger partial charge < -0.3 is 14.8 Å². The van der Waals surface area contributed by atoms with Crippen LogP contribution in [0, 0.1) is 0 Å². The van der Waals surface area contributed by atoms with Crippen molar-refractivity contribution in [1.29, 1.82) is 0 Å². The number of esters is 2. The van der Waals surface area contributed by atoms with Gasteiger partial charge >= 0.3 is 11.9 Å². The third-order valence-electron chi connectivity index (χ3n) is 2.78. The molecule has 19 heavy (non-hydrogen) atoms. The van der Waals surface area contributed by atoms with E-state index in [1.807, 2.05) is 12.2 Å². The number of hydrogen-bond acceptors (Lipinski definition) is 5. The standard InChI is InChI=1S/C13H19NO5/c1-9-12(13(17)18-2)14-10(15)7-5-3-4-6-8-11(16)19-9/h3-4,9,12H,5-8H2,1-2H3,(H,14,15)/t9?,12-/m0/s1. The highest BCUT2D eigenvalue weighted by molar-refractivity contribution is 5.85. The van der Waals surface area contributed by atoms with E-state index in [1.54, 1.807) is 6.92 Å². The number of ether oxygens (including phenoxy) is 2. The summed E-state index contributed by atoms with van der Waals surface area (Å²) in [5.41, 5.74) is 0. The molecular weight excluding hydrogens is 250 g/mol. The summed E-state index contributed by atoms with van der Waals surface area (Å²) < 4.78 is 9.73. The lowest BCUT2D eigenvalue weighted by atomic mass is 10.1. The van der Waals surface area contributed by atoms with Crippen LogP contribution in [0.4, 0.5) is 0 Å². The first-order valence-corrected chi connectivity index (χ1v) is 6.26. The van der Waals surface area contributed by atoms with Crippen LogP contribution in [0.5, 0.6) is 0 Å². The van der Waals surface area contributed by atoms with Gasteiger partial charge in [-0.3, -0.25) is 9.59 Å². The second kappa shape index (κ2) is 7.56. The number of rotatable bonds is 1. The van der Waals surface area contributed by atoms with E-state index in [2.05, 4.69) is 10.1 Å². The van der Waals surface area contributed by atoms with E-state index in [-0.39, 0.29) is 18.7 Å². The highest BCUT2D eigenvalue weighted by atomic mass is 16.6. The van der Waals surface area contributed by atoms with Crippen molar-refractivity contribution in [3.63, 3.8) is 0 Å². The molecule has 106 valence electrons. The zero-order chi connectivity index (χ0) is 14.3. The summed E-state index contributed by atoms with van der Waals surface area (Å²) in [7, 11) is 1.22. The average Bonchev–Trinajstić information content (AvgIpc) is 2.37. The second-order valence-corrected chi connectivity index (χ2v) is 4.31. The first kappa shape index (κ1) is 15.2. The quantitative estimate of drug-likeness (QED) is 0.560. The van der Waals surface area contributed by atoms with Gasteiger partial charge in [0.2, 0.25) is 5.91 Å². The molecule has 1 heterocycles. The molecule has 0 saturated carbocycles. The zero-order valence-corrected chi connectivity index (χ0v) is 11.2. The van der Waals surface area contributed by atoms with Crippen molar-refractivity contribution in [1.82, 2.24) is 5.32 Å². The van der Waals surface area contributed by atoms with Gasteiger partial charge in [-0.2, -0.15) is 0 Å². The molecule has 2 atom stereocenters. The van der Waals surface area contributed by atoms with Crippen molar-refractivity contribution >= 4 is 17.8 Å². The number of amides is 1. The van der Waals surface area contributed by atoms with E-state index in [0.29, 0.717) is 12.8 Å². The molecule has 1 rings (SSSR count). The molecule has 0 radical (unpaired) electrons. The summed E-state index contributed by atoms with van der Waals surface area (Å²) in [6, 6.07) is -0.968. The van der Waals surface area contributed by atoms with Crippen molar-refractivity contribution < 1.29 is 23.9 Å². The Labute approximate surface area is 112 Å². The van der Waals surface area contributed by atoms with E-state index < -0.39 is 24.1 Å². The monoisotopic (exact) mass is 269 g/mol. The molecule has 0 aromatic carbocycles. The maximum Gasteiger partial charge on any atom is 0.332 e. The zero-order valence-electron chi connectivity index (χ0n) is 11.2. The summed E-state index contributed by atoms with van der Waals surface area (Å²) in [5, 5.41) is 2.53. The molecular formula is C13H19NO5. The first-order chi connectivity index (χ1) is 9.04. The first-order valence-electron chi connectivity index (χ1n) is 6.26. The van der Waals surface area contributed by atoms with Crippen LogP contribution >= 0.6 is 0 Å². The number of carbonyl (C=O) groups excluding carboxylic acids is 3. The topological polar surface area (TPSA) is 81.7 Å². The van der Waals surface area contributed by atoms with Crippen molar-refractivity contribution in [2.75, 3.05) is 7.11 Å². The van der Waals surface area contributed by atoms with Gasteiger partial charge in [-0.25, -0.2) is 4.79 Å². The van der Waals surface area contributed by atoms with Gasteiger partial charge in [0.15, 0.2) is 6.04 Å². The SMILES string of the molecule is COC(=O)[C@H]1NC(=O)CCC=CCCC(=O)OC1C. The number of methoxy groups -OCH3 is 1. The van der Waals surface area contributed by atoms with Crippen LogP contribution < -0.4 is 5.32 Å². The van der Waals surface area contributed by atoms with Crippen LogP contribution in [0.3, 0.4) is 0 Å². The van der Waals surface area contributed by atoms with Gasteiger partial charge in [-0.15, -0.1) is 0 Å². The third kappa shape index (κ3) is 5.11. The maximum atomic E-state index is 11.7. The van der Waals surface area contributed by atoms with E-state index in [9.17, 15) is 14.4 Å². The molecule has 6 nitrogen and oxygen atoms in total. The Bertz CT molecular complexity index is 377. The molecule has 6 heteroatoms. The predicted molar refractivity (Wildman–Crippen MR) is 67.1 cm³/mol. The van der Waals surface area contributed by atoms with Crippen molar-refractivity contribution in [3.8, 4) is 0 Å². The highest BCUT2D eigenvalue weighted by Crippen LogP contribution is 2.07. The fourth-order valence-electron chi connectivity index (χ4n) is 1.73. The summed E-state index contributed by atoms with van der Waals surface area (Å²) in [6.45, 7) is 1.56. The largest absolute Gasteiger partial charge is 0.467 e. The van der Waals surface area contributed by atoms with Gasteiger partial charge in [0.1, 0.15) is 6.10 Å².